The van der Waals surface area contributed by atoms with E-state index in [0.717, 1.165) is 29.7 Å². The molecule has 1 fully saturated rings. The van der Waals surface area contributed by atoms with Gasteiger partial charge in [0.05, 0.1) is 25.2 Å². The minimum atomic E-state index is -0.487. The predicted octanol–water partition coefficient (Wildman–Crippen LogP) is 5.61. The average molecular weight is 446 g/mol. The van der Waals surface area contributed by atoms with Gasteiger partial charge in [-0.2, -0.15) is 0 Å². The van der Waals surface area contributed by atoms with E-state index in [9.17, 15) is 9.59 Å². The van der Waals surface area contributed by atoms with Crippen LogP contribution in [-0.4, -0.2) is 31.2 Å². The van der Waals surface area contributed by atoms with Crippen LogP contribution in [0.1, 0.15) is 62.5 Å². The lowest BCUT2D eigenvalue weighted by Gasteiger charge is -2.38. The van der Waals surface area contributed by atoms with Gasteiger partial charge in [-0.25, -0.2) is 4.79 Å². The van der Waals surface area contributed by atoms with Crippen LogP contribution in [0, 0.1) is 5.92 Å². The van der Waals surface area contributed by atoms with Crippen LogP contribution in [0.3, 0.4) is 0 Å². The molecule has 2 aliphatic rings. The molecule has 0 bridgehead atoms. The first-order valence-electron chi connectivity index (χ1n) is 11.7. The number of nitrogens with zero attached hydrogens (tertiary/aromatic N) is 1. The molecule has 33 heavy (non-hydrogen) atoms. The SMILES string of the molecule is CCCCOc1ccccc1[C@@H]1C(C(=O)OC)=C(C)N=C2C[C@H](c3ccccc3)CC(=O)C21. The molecule has 172 valence electrons. The number of rotatable bonds is 7. The van der Waals surface area contributed by atoms with Gasteiger partial charge in [0, 0.05) is 29.3 Å². The zero-order valence-electron chi connectivity index (χ0n) is 19.5. The molecule has 0 amide bonds. The highest BCUT2D eigenvalue weighted by molar-refractivity contribution is 6.12. The van der Waals surface area contributed by atoms with Crippen molar-refractivity contribution in [3.8, 4) is 5.75 Å². The van der Waals surface area contributed by atoms with Crippen LogP contribution in [0.5, 0.6) is 5.75 Å². The van der Waals surface area contributed by atoms with Crippen molar-refractivity contribution >= 4 is 17.5 Å². The van der Waals surface area contributed by atoms with Gasteiger partial charge in [0.1, 0.15) is 11.5 Å². The van der Waals surface area contributed by atoms with E-state index in [2.05, 4.69) is 19.1 Å². The number of para-hydroxylation sites is 1. The zero-order valence-corrected chi connectivity index (χ0v) is 19.5. The molecule has 5 heteroatoms. The first kappa shape index (κ1) is 23.0. The van der Waals surface area contributed by atoms with Gasteiger partial charge in [-0.1, -0.05) is 61.9 Å². The van der Waals surface area contributed by atoms with Crippen LogP contribution in [-0.2, 0) is 14.3 Å². The highest BCUT2D eigenvalue weighted by Crippen LogP contribution is 2.47. The number of benzene rings is 2. The van der Waals surface area contributed by atoms with Crippen molar-refractivity contribution in [2.45, 2.75) is 51.4 Å². The third-order valence-corrected chi connectivity index (χ3v) is 6.64. The minimum Gasteiger partial charge on any atom is -0.493 e. The maximum atomic E-state index is 13.6. The molecule has 1 unspecified atom stereocenters. The van der Waals surface area contributed by atoms with Gasteiger partial charge in [0.2, 0.25) is 0 Å². The molecule has 0 saturated heterocycles. The van der Waals surface area contributed by atoms with E-state index in [-0.39, 0.29) is 11.7 Å². The van der Waals surface area contributed by atoms with Crippen LogP contribution in [0.4, 0.5) is 0 Å². The van der Waals surface area contributed by atoms with Crippen LogP contribution in [0.15, 0.2) is 70.9 Å². The molecular weight excluding hydrogens is 414 g/mol. The Bertz CT molecular complexity index is 1090. The van der Waals surface area contributed by atoms with E-state index in [0.29, 0.717) is 36.5 Å². The Morgan fingerprint density at radius 1 is 1.03 bits per heavy atom. The lowest BCUT2D eigenvalue weighted by molar-refractivity contribution is -0.136. The van der Waals surface area contributed by atoms with Gasteiger partial charge in [0.25, 0.3) is 0 Å². The van der Waals surface area contributed by atoms with Crippen LogP contribution in [0.25, 0.3) is 0 Å². The molecule has 2 aromatic carbocycles. The molecule has 0 spiro atoms. The summed E-state index contributed by atoms with van der Waals surface area (Å²) in [4.78, 5) is 31.3. The predicted molar refractivity (Wildman–Crippen MR) is 129 cm³/mol. The zero-order chi connectivity index (χ0) is 23.4. The molecule has 1 heterocycles. The molecule has 3 atom stereocenters. The number of methoxy groups -OCH3 is 1. The number of ether oxygens (including phenoxy) is 2. The number of aliphatic imine (C=N–C) groups is 1. The molecule has 1 saturated carbocycles. The molecule has 0 radical (unpaired) electrons. The summed E-state index contributed by atoms with van der Waals surface area (Å²) in [5.41, 5.74) is 3.90. The largest absolute Gasteiger partial charge is 0.493 e. The number of unbranched alkanes of at least 4 members (excludes halogenated alkanes) is 1. The van der Waals surface area contributed by atoms with E-state index in [4.69, 9.17) is 14.5 Å². The second-order valence-corrected chi connectivity index (χ2v) is 8.77. The van der Waals surface area contributed by atoms with Crippen LogP contribution in [0.2, 0.25) is 0 Å². The number of hydrogen-bond donors (Lipinski definition) is 0. The van der Waals surface area contributed by atoms with E-state index in [1.807, 2.05) is 49.4 Å². The summed E-state index contributed by atoms with van der Waals surface area (Å²) in [5, 5.41) is 0. The lowest BCUT2D eigenvalue weighted by atomic mass is 9.66. The number of allylic oxidation sites excluding steroid dienone is 1. The van der Waals surface area contributed by atoms with Crippen molar-refractivity contribution in [1.29, 1.82) is 0 Å². The molecule has 4 rings (SSSR count). The summed E-state index contributed by atoms with van der Waals surface area (Å²) < 4.78 is 11.2. The first-order valence-corrected chi connectivity index (χ1v) is 11.7. The average Bonchev–Trinajstić information content (AvgIpc) is 2.83. The number of hydrogen-bond acceptors (Lipinski definition) is 5. The number of ketones is 1. The van der Waals surface area contributed by atoms with E-state index < -0.39 is 17.8 Å². The summed E-state index contributed by atoms with van der Waals surface area (Å²) in [5.74, 6) is -0.481. The monoisotopic (exact) mass is 445 g/mol. The molecule has 5 nitrogen and oxygen atoms in total. The molecule has 1 aliphatic carbocycles. The third kappa shape index (κ3) is 4.63. The van der Waals surface area contributed by atoms with Gasteiger partial charge in [-0.05, 0) is 37.3 Å². The maximum absolute atomic E-state index is 13.6. The Hall–Kier alpha value is -3.21. The van der Waals surface area contributed by atoms with Crippen molar-refractivity contribution in [3.05, 3.63) is 77.0 Å². The molecule has 0 N–H and O–H groups in total. The fourth-order valence-corrected chi connectivity index (χ4v) is 5.04. The van der Waals surface area contributed by atoms with Crippen molar-refractivity contribution in [2.75, 3.05) is 13.7 Å². The van der Waals surface area contributed by atoms with Crippen molar-refractivity contribution in [2.24, 2.45) is 10.9 Å². The minimum absolute atomic E-state index is 0.0953. The van der Waals surface area contributed by atoms with Gasteiger partial charge in [0.15, 0.2) is 0 Å². The van der Waals surface area contributed by atoms with Gasteiger partial charge < -0.3 is 9.47 Å². The number of esters is 1. The topological polar surface area (TPSA) is 65.0 Å². The number of Topliss-reactive ketones (excluding diaryl/α,β-unsaturated/α-hetero) is 1. The standard InChI is InChI=1S/C28H31NO4/c1-4-5-15-33-24-14-10-9-13-21(24)26-25(28(31)32-3)18(2)29-22-16-20(17-23(30)27(22)26)19-11-7-6-8-12-19/h6-14,20,26-27H,4-5,15-17H2,1-3H3/t20-,26+,27?/m0/s1. The lowest BCUT2D eigenvalue weighted by Crippen LogP contribution is -2.41. The fraction of sp³-hybridized carbons (Fsp3) is 0.393. The van der Waals surface area contributed by atoms with E-state index in [1.165, 1.54) is 7.11 Å². The van der Waals surface area contributed by atoms with Crippen molar-refractivity contribution < 1.29 is 19.1 Å². The van der Waals surface area contributed by atoms with Gasteiger partial charge in [-0.3, -0.25) is 9.79 Å². The van der Waals surface area contributed by atoms with Gasteiger partial charge in [-0.15, -0.1) is 0 Å². The number of fused-ring (bicyclic) bond motifs is 1. The maximum Gasteiger partial charge on any atom is 0.336 e. The summed E-state index contributed by atoms with van der Waals surface area (Å²) in [6.45, 7) is 4.54. The molecule has 0 aromatic heterocycles. The summed E-state index contributed by atoms with van der Waals surface area (Å²) in [6, 6.07) is 17.8. The Balaban J connectivity index is 1.78. The highest BCUT2D eigenvalue weighted by Gasteiger charge is 2.46. The Kier molecular flexibility index (Phi) is 7.07. The van der Waals surface area contributed by atoms with E-state index >= 15 is 0 Å². The Labute approximate surface area is 195 Å². The smallest absolute Gasteiger partial charge is 0.336 e. The summed E-state index contributed by atoms with van der Waals surface area (Å²) in [7, 11) is 1.37. The summed E-state index contributed by atoms with van der Waals surface area (Å²) in [6.07, 6.45) is 3.08. The normalized spacial score (nSPS) is 22.5. The van der Waals surface area contributed by atoms with Gasteiger partial charge >= 0.3 is 5.97 Å². The molecular formula is C28H31NO4. The Morgan fingerprint density at radius 3 is 2.48 bits per heavy atom. The quantitative estimate of drug-likeness (QED) is 0.410. The molecule has 1 aliphatic heterocycles. The first-order chi connectivity index (χ1) is 16.0. The second-order valence-electron chi connectivity index (χ2n) is 8.77. The van der Waals surface area contributed by atoms with Crippen LogP contribution >= 0.6 is 0 Å². The molecule has 2 aromatic rings. The number of carbonyl (C=O) groups excluding carboxylic acids is 2. The third-order valence-electron chi connectivity index (χ3n) is 6.64. The second kappa shape index (κ2) is 10.2. The Morgan fingerprint density at radius 2 is 1.76 bits per heavy atom. The number of carbonyl (C=O) groups is 2. The van der Waals surface area contributed by atoms with E-state index in [1.54, 1.807) is 0 Å². The fourth-order valence-electron chi connectivity index (χ4n) is 5.04. The van der Waals surface area contributed by atoms with Crippen LogP contribution < -0.4 is 4.74 Å². The summed E-state index contributed by atoms with van der Waals surface area (Å²) >= 11 is 0. The van der Waals surface area contributed by atoms with Crippen molar-refractivity contribution in [3.63, 3.8) is 0 Å². The highest BCUT2D eigenvalue weighted by atomic mass is 16.5. The van der Waals surface area contributed by atoms with Crippen molar-refractivity contribution in [1.82, 2.24) is 0 Å².